The topological polar surface area (TPSA) is 60.1 Å². The molecule has 0 saturated heterocycles. The lowest BCUT2D eigenvalue weighted by Gasteiger charge is -2.11. The molecule has 4 aromatic rings. The minimum absolute atomic E-state index is 0.211. The van der Waals surface area contributed by atoms with E-state index in [1.165, 1.54) is 5.56 Å². The van der Waals surface area contributed by atoms with E-state index in [-0.39, 0.29) is 5.91 Å². The number of nitrogens with zero attached hydrogens (tertiary/aromatic N) is 2. The summed E-state index contributed by atoms with van der Waals surface area (Å²) in [5.41, 5.74) is 4.46. The molecular weight excluding hydrogens is 350 g/mol. The van der Waals surface area contributed by atoms with Crippen molar-refractivity contribution in [2.45, 2.75) is 20.0 Å². The zero-order chi connectivity index (χ0) is 19.3. The standard InChI is InChI=1S/C23H21N3O2/c1-17-7-12-22(28-17)23(27)24-15-20-5-2-3-6-21(20)19-10-8-18(9-11-19)16-26-14-4-13-25-26/h2-14H,15-16H2,1H3,(H,24,27). The maximum Gasteiger partial charge on any atom is 0.287 e. The summed E-state index contributed by atoms with van der Waals surface area (Å²) < 4.78 is 7.28. The highest BCUT2D eigenvalue weighted by Gasteiger charge is 2.11. The summed E-state index contributed by atoms with van der Waals surface area (Å²) in [6.45, 7) is 3.00. The van der Waals surface area contributed by atoms with E-state index in [0.717, 1.165) is 29.0 Å². The number of benzene rings is 2. The van der Waals surface area contributed by atoms with Crippen LogP contribution in [0.25, 0.3) is 11.1 Å². The summed E-state index contributed by atoms with van der Waals surface area (Å²) in [6, 6.07) is 21.9. The van der Waals surface area contributed by atoms with Gasteiger partial charge in [-0.15, -0.1) is 0 Å². The molecule has 4 rings (SSSR count). The number of carbonyl (C=O) groups is 1. The fraction of sp³-hybridized carbons (Fsp3) is 0.130. The smallest absolute Gasteiger partial charge is 0.287 e. The average Bonchev–Trinajstić information content (AvgIpc) is 3.39. The molecule has 0 radical (unpaired) electrons. The number of carbonyl (C=O) groups excluding carboxylic acids is 1. The number of aryl methyl sites for hydroxylation is 1. The van der Waals surface area contributed by atoms with E-state index in [9.17, 15) is 4.79 Å². The van der Waals surface area contributed by atoms with Crippen LogP contribution in [-0.4, -0.2) is 15.7 Å². The third-order valence-electron chi connectivity index (χ3n) is 4.59. The van der Waals surface area contributed by atoms with E-state index in [1.54, 1.807) is 18.3 Å². The summed E-state index contributed by atoms with van der Waals surface area (Å²) in [6.07, 6.45) is 3.73. The van der Waals surface area contributed by atoms with Crippen LogP contribution in [0.1, 0.15) is 27.4 Å². The summed E-state index contributed by atoms with van der Waals surface area (Å²) in [4.78, 5) is 12.3. The minimum Gasteiger partial charge on any atom is -0.456 e. The lowest BCUT2D eigenvalue weighted by molar-refractivity contribution is 0.0922. The molecular formula is C23H21N3O2. The van der Waals surface area contributed by atoms with Crippen LogP contribution >= 0.6 is 0 Å². The number of rotatable bonds is 6. The van der Waals surface area contributed by atoms with Gasteiger partial charge in [-0.3, -0.25) is 9.48 Å². The fourth-order valence-corrected chi connectivity index (χ4v) is 3.15. The van der Waals surface area contributed by atoms with Crippen LogP contribution in [-0.2, 0) is 13.1 Å². The SMILES string of the molecule is Cc1ccc(C(=O)NCc2ccccc2-c2ccc(Cn3cccn3)cc2)o1. The van der Waals surface area contributed by atoms with Crippen molar-refractivity contribution in [1.29, 1.82) is 0 Å². The quantitative estimate of drug-likeness (QED) is 0.545. The Hall–Kier alpha value is -3.60. The molecule has 28 heavy (non-hydrogen) atoms. The van der Waals surface area contributed by atoms with Crippen molar-refractivity contribution >= 4 is 5.91 Å². The van der Waals surface area contributed by atoms with Gasteiger partial charge in [0.1, 0.15) is 5.76 Å². The zero-order valence-corrected chi connectivity index (χ0v) is 15.6. The molecule has 0 atom stereocenters. The van der Waals surface area contributed by atoms with E-state index in [4.69, 9.17) is 4.42 Å². The molecule has 0 bridgehead atoms. The molecule has 1 amide bonds. The van der Waals surface area contributed by atoms with Gasteiger partial charge in [0.15, 0.2) is 5.76 Å². The summed E-state index contributed by atoms with van der Waals surface area (Å²) >= 11 is 0. The molecule has 2 heterocycles. The molecule has 1 N–H and O–H groups in total. The van der Waals surface area contributed by atoms with Gasteiger partial charge in [-0.25, -0.2) is 0 Å². The Balaban J connectivity index is 1.48. The molecule has 2 aromatic heterocycles. The van der Waals surface area contributed by atoms with E-state index in [2.05, 4.69) is 40.7 Å². The van der Waals surface area contributed by atoms with Crippen molar-refractivity contribution in [3.63, 3.8) is 0 Å². The Morgan fingerprint density at radius 3 is 2.57 bits per heavy atom. The van der Waals surface area contributed by atoms with Crippen molar-refractivity contribution in [2.24, 2.45) is 0 Å². The van der Waals surface area contributed by atoms with Gasteiger partial charge in [0.25, 0.3) is 5.91 Å². The highest BCUT2D eigenvalue weighted by atomic mass is 16.3. The van der Waals surface area contributed by atoms with E-state index >= 15 is 0 Å². The van der Waals surface area contributed by atoms with Crippen LogP contribution in [0.15, 0.2) is 83.5 Å². The van der Waals surface area contributed by atoms with Crippen molar-refractivity contribution in [1.82, 2.24) is 15.1 Å². The number of nitrogens with one attached hydrogen (secondary N) is 1. The molecule has 140 valence electrons. The van der Waals surface area contributed by atoms with Crippen LogP contribution in [0, 0.1) is 6.92 Å². The summed E-state index contributed by atoms with van der Waals surface area (Å²) in [7, 11) is 0. The van der Waals surface area contributed by atoms with Gasteiger partial charge in [0.05, 0.1) is 6.54 Å². The number of hydrogen-bond acceptors (Lipinski definition) is 3. The van der Waals surface area contributed by atoms with Gasteiger partial charge in [-0.2, -0.15) is 5.10 Å². The number of aromatic nitrogens is 2. The van der Waals surface area contributed by atoms with Gasteiger partial charge in [-0.1, -0.05) is 48.5 Å². The van der Waals surface area contributed by atoms with E-state index in [0.29, 0.717) is 12.3 Å². The van der Waals surface area contributed by atoms with Gasteiger partial charge in [0, 0.05) is 18.9 Å². The third kappa shape index (κ3) is 4.04. The Labute approximate surface area is 163 Å². The lowest BCUT2D eigenvalue weighted by Crippen LogP contribution is -2.22. The highest BCUT2D eigenvalue weighted by Crippen LogP contribution is 2.24. The molecule has 0 aliphatic heterocycles. The molecule has 5 heteroatoms. The predicted molar refractivity (Wildman–Crippen MR) is 108 cm³/mol. The molecule has 2 aromatic carbocycles. The van der Waals surface area contributed by atoms with Crippen molar-refractivity contribution in [2.75, 3.05) is 0 Å². The van der Waals surface area contributed by atoms with Crippen molar-refractivity contribution in [3.05, 3.63) is 102 Å². The Morgan fingerprint density at radius 1 is 1.04 bits per heavy atom. The fourth-order valence-electron chi connectivity index (χ4n) is 3.15. The summed E-state index contributed by atoms with van der Waals surface area (Å²) in [5.74, 6) is 0.844. The van der Waals surface area contributed by atoms with E-state index in [1.807, 2.05) is 42.1 Å². The van der Waals surface area contributed by atoms with Crippen LogP contribution in [0.5, 0.6) is 0 Å². The highest BCUT2D eigenvalue weighted by molar-refractivity contribution is 5.91. The maximum atomic E-state index is 12.3. The molecule has 5 nitrogen and oxygen atoms in total. The van der Waals surface area contributed by atoms with Gasteiger partial charge in [-0.05, 0) is 47.4 Å². The molecule has 0 fully saturated rings. The largest absolute Gasteiger partial charge is 0.456 e. The number of amides is 1. The first-order valence-electron chi connectivity index (χ1n) is 9.18. The van der Waals surface area contributed by atoms with Crippen LogP contribution in [0.4, 0.5) is 0 Å². The maximum absolute atomic E-state index is 12.3. The average molecular weight is 371 g/mol. The molecule has 0 aliphatic rings. The minimum atomic E-state index is -0.211. The lowest BCUT2D eigenvalue weighted by atomic mass is 9.98. The monoisotopic (exact) mass is 371 g/mol. The van der Waals surface area contributed by atoms with Gasteiger partial charge < -0.3 is 9.73 Å². The van der Waals surface area contributed by atoms with Crippen LogP contribution in [0.3, 0.4) is 0 Å². The Bertz CT molecular complexity index is 1060. The molecule has 0 aliphatic carbocycles. The molecule has 0 saturated carbocycles. The summed E-state index contributed by atoms with van der Waals surface area (Å²) in [5, 5.41) is 7.18. The molecule has 0 spiro atoms. The van der Waals surface area contributed by atoms with E-state index < -0.39 is 0 Å². The first-order chi connectivity index (χ1) is 13.7. The van der Waals surface area contributed by atoms with Crippen LogP contribution in [0.2, 0.25) is 0 Å². The van der Waals surface area contributed by atoms with Gasteiger partial charge >= 0.3 is 0 Å². The van der Waals surface area contributed by atoms with Gasteiger partial charge in [0.2, 0.25) is 0 Å². The zero-order valence-electron chi connectivity index (χ0n) is 15.6. The van der Waals surface area contributed by atoms with Crippen LogP contribution < -0.4 is 5.32 Å². The second-order valence-corrected chi connectivity index (χ2v) is 6.65. The first-order valence-corrected chi connectivity index (χ1v) is 9.18. The molecule has 0 unspecified atom stereocenters. The number of furan rings is 1. The second kappa shape index (κ2) is 7.96. The third-order valence-corrected chi connectivity index (χ3v) is 4.59. The predicted octanol–water partition coefficient (Wildman–Crippen LogP) is 4.43. The second-order valence-electron chi connectivity index (χ2n) is 6.65. The van der Waals surface area contributed by atoms with Crippen molar-refractivity contribution < 1.29 is 9.21 Å². The number of hydrogen-bond donors (Lipinski definition) is 1. The Kier molecular flexibility index (Phi) is 5.06. The Morgan fingerprint density at radius 2 is 1.86 bits per heavy atom. The normalized spacial score (nSPS) is 10.8. The first kappa shape index (κ1) is 17.8. The van der Waals surface area contributed by atoms with Crippen molar-refractivity contribution in [3.8, 4) is 11.1 Å².